The highest BCUT2D eigenvalue weighted by Gasteiger charge is 2.59. The Morgan fingerprint density at radius 1 is 1.22 bits per heavy atom. The molecule has 3 N–H and O–H groups in total. The van der Waals surface area contributed by atoms with Crippen LogP contribution in [0, 0.1) is 23.0 Å². The zero-order valence-corrected chi connectivity index (χ0v) is 21.0. The number of benzene rings is 1. The molecule has 200 valence electrons. The SMILES string of the molecule is O=C(CCn1cccn1)N[C@H]1C[C@@H](C(=O)N[C@H](c2c(F)ccc(Cl)c2F)C23CCC(F)(CC2)C3)C[C@H]1O. The van der Waals surface area contributed by atoms with Crippen molar-refractivity contribution in [3.8, 4) is 0 Å². The normalized spacial score (nSPS) is 31.4. The second kappa shape index (κ2) is 9.94. The van der Waals surface area contributed by atoms with Crippen LogP contribution in [0.4, 0.5) is 13.2 Å². The monoisotopic (exact) mass is 538 g/mol. The number of nitrogens with zero attached hydrogens (tertiary/aromatic N) is 2. The fourth-order valence-corrected chi connectivity index (χ4v) is 6.65. The molecule has 3 fully saturated rings. The van der Waals surface area contributed by atoms with Gasteiger partial charge in [-0.2, -0.15) is 5.10 Å². The predicted molar refractivity (Wildman–Crippen MR) is 129 cm³/mol. The number of rotatable bonds is 8. The third-order valence-corrected chi connectivity index (χ3v) is 8.74. The number of aromatic nitrogens is 2. The van der Waals surface area contributed by atoms with E-state index in [1.807, 2.05) is 0 Å². The molecule has 1 heterocycles. The fraction of sp³-hybridized carbons (Fsp3) is 0.577. The van der Waals surface area contributed by atoms with Crippen LogP contribution >= 0.6 is 11.6 Å². The second-order valence-corrected chi connectivity index (χ2v) is 11.2. The molecular weight excluding hydrogens is 509 g/mol. The van der Waals surface area contributed by atoms with E-state index in [2.05, 4.69) is 15.7 Å². The largest absolute Gasteiger partial charge is 0.391 e. The molecule has 0 aliphatic heterocycles. The summed E-state index contributed by atoms with van der Waals surface area (Å²) in [4.78, 5) is 25.8. The number of aryl methyl sites for hydroxylation is 1. The first-order chi connectivity index (χ1) is 17.6. The van der Waals surface area contributed by atoms with Crippen molar-refractivity contribution in [1.29, 1.82) is 0 Å². The molecule has 2 amide bonds. The molecule has 37 heavy (non-hydrogen) atoms. The quantitative estimate of drug-likeness (QED) is 0.443. The van der Waals surface area contributed by atoms with Gasteiger partial charge < -0.3 is 15.7 Å². The molecule has 0 spiro atoms. The average Bonchev–Trinajstić information content (AvgIpc) is 3.64. The number of carbonyl (C=O) groups excluding carboxylic acids is 2. The zero-order chi connectivity index (χ0) is 26.4. The van der Waals surface area contributed by atoms with Gasteiger partial charge in [0, 0.05) is 36.8 Å². The standard InChI is InChI=1S/C26H30ClF3N4O3/c27-16-2-3-17(28)21(22(16)29)23(25-5-7-26(30,14-25)8-6-25)33-24(37)15-12-18(19(35)13-15)32-20(36)4-11-34-10-1-9-31-34/h1-3,9-10,15,18-19,23,35H,4-8,11-14H2,(H,32,36)(H,33,37)/t15-,18+,19-,23-,25?,26?/m1/s1. The Labute approximate surface area is 217 Å². The Hall–Kier alpha value is -2.59. The fourth-order valence-electron chi connectivity index (χ4n) is 6.48. The Balaban J connectivity index is 1.30. The first kappa shape index (κ1) is 26.0. The number of alkyl halides is 1. The molecule has 3 aliphatic rings. The van der Waals surface area contributed by atoms with E-state index in [1.165, 1.54) is 0 Å². The van der Waals surface area contributed by atoms with Gasteiger partial charge in [0.15, 0.2) is 0 Å². The molecule has 5 rings (SSSR count). The lowest BCUT2D eigenvalue weighted by Crippen LogP contribution is -2.43. The van der Waals surface area contributed by atoms with Gasteiger partial charge in [0.05, 0.1) is 23.2 Å². The van der Waals surface area contributed by atoms with Crippen molar-refractivity contribution < 1.29 is 27.9 Å². The van der Waals surface area contributed by atoms with Crippen molar-refractivity contribution in [3.05, 3.63) is 52.8 Å². The lowest BCUT2D eigenvalue weighted by molar-refractivity contribution is -0.127. The number of hydrogen-bond donors (Lipinski definition) is 3. The van der Waals surface area contributed by atoms with Crippen molar-refractivity contribution in [2.45, 2.75) is 81.8 Å². The van der Waals surface area contributed by atoms with E-state index in [9.17, 15) is 19.1 Å². The summed E-state index contributed by atoms with van der Waals surface area (Å²) in [5.74, 6) is -3.27. The third kappa shape index (κ3) is 5.10. The maximum atomic E-state index is 15.1. The molecule has 3 aliphatic carbocycles. The number of hydrogen-bond acceptors (Lipinski definition) is 4. The van der Waals surface area contributed by atoms with Gasteiger partial charge in [0.1, 0.15) is 17.3 Å². The predicted octanol–water partition coefficient (Wildman–Crippen LogP) is 3.99. The van der Waals surface area contributed by atoms with Gasteiger partial charge in [-0.15, -0.1) is 0 Å². The van der Waals surface area contributed by atoms with Crippen LogP contribution in [0.5, 0.6) is 0 Å². The Morgan fingerprint density at radius 3 is 2.62 bits per heavy atom. The number of halogens is 4. The van der Waals surface area contributed by atoms with Crippen LogP contribution in [-0.4, -0.2) is 44.5 Å². The minimum atomic E-state index is -1.40. The molecule has 0 saturated heterocycles. The number of amides is 2. The van der Waals surface area contributed by atoms with Crippen LogP contribution in [0.3, 0.4) is 0 Å². The minimum absolute atomic E-state index is 0.0865. The third-order valence-electron chi connectivity index (χ3n) is 8.45. The van der Waals surface area contributed by atoms with E-state index in [0.717, 1.165) is 12.1 Å². The minimum Gasteiger partial charge on any atom is -0.391 e. The zero-order valence-electron chi connectivity index (χ0n) is 20.2. The number of aliphatic hydroxyl groups excluding tert-OH is 1. The van der Waals surface area contributed by atoms with Crippen LogP contribution in [0.2, 0.25) is 5.02 Å². The summed E-state index contributed by atoms with van der Waals surface area (Å²) in [5, 5.41) is 19.9. The molecule has 0 unspecified atom stereocenters. The topological polar surface area (TPSA) is 96.2 Å². The van der Waals surface area contributed by atoms with Crippen molar-refractivity contribution in [2.75, 3.05) is 0 Å². The maximum absolute atomic E-state index is 15.1. The molecule has 7 nitrogen and oxygen atoms in total. The molecule has 2 bridgehead atoms. The van der Waals surface area contributed by atoms with Crippen LogP contribution < -0.4 is 10.6 Å². The number of nitrogens with one attached hydrogen (secondary N) is 2. The first-order valence-electron chi connectivity index (χ1n) is 12.7. The van der Waals surface area contributed by atoms with Crippen molar-refractivity contribution in [2.24, 2.45) is 11.3 Å². The van der Waals surface area contributed by atoms with Crippen molar-refractivity contribution >= 4 is 23.4 Å². The van der Waals surface area contributed by atoms with E-state index in [1.54, 1.807) is 23.1 Å². The summed E-state index contributed by atoms with van der Waals surface area (Å²) in [7, 11) is 0. The Morgan fingerprint density at radius 2 is 1.97 bits per heavy atom. The first-order valence-corrected chi connectivity index (χ1v) is 13.0. The summed E-state index contributed by atoms with van der Waals surface area (Å²) < 4.78 is 46.8. The highest BCUT2D eigenvalue weighted by atomic mass is 35.5. The number of carbonyl (C=O) groups is 2. The van der Waals surface area contributed by atoms with E-state index < -0.39 is 52.7 Å². The van der Waals surface area contributed by atoms with Crippen molar-refractivity contribution in [1.82, 2.24) is 20.4 Å². The summed E-state index contributed by atoms with van der Waals surface area (Å²) in [6.45, 7) is 0.377. The van der Waals surface area contributed by atoms with Crippen LogP contribution in [0.25, 0.3) is 0 Å². The van der Waals surface area contributed by atoms with E-state index >= 15 is 8.78 Å². The van der Waals surface area contributed by atoms with Gasteiger partial charge in [-0.05, 0) is 68.6 Å². The molecule has 4 atom stereocenters. The lowest BCUT2D eigenvalue weighted by Gasteiger charge is -2.37. The molecule has 11 heteroatoms. The molecular formula is C26H30ClF3N4O3. The van der Waals surface area contributed by atoms with Gasteiger partial charge in [-0.1, -0.05) is 11.6 Å². The molecule has 3 saturated carbocycles. The lowest BCUT2D eigenvalue weighted by atomic mass is 9.74. The highest BCUT2D eigenvalue weighted by molar-refractivity contribution is 6.30. The van der Waals surface area contributed by atoms with Crippen LogP contribution in [0.15, 0.2) is 30.6 Å². The average molecular weight is 539 g/mol. The van der Waals surface area contributed by atoms with Crippen LogP contribution in [-0.2, 0) is 16.1 Å². The van der Waals surface area contributed by atoms with E-state index in [-0.39, 0.29) is 55.0 Å². The van der Waals surface area contributed by atoms with E-state index in [4.69, 9.17) is 11.6 Å². The molecule has 0 radical (unpaired) electrons. The van der Waals surface area contributed by atoms with Gasteiger partial charge >= 0.3 is 0 Å². The van der Waals surface area contributed by atoms with E-state index in [0.29, 0.717) is 19.4 Å². The van der Waals surface area contributed by atoms with Gasteiger partial charge in [-0.25, -0.2) is 13.2 Å². The summed E-state index contributed by atoms with van der Waals surface area (Å²) >= 11 is 5.96. The number of fused-ring (bicyclic) bond motifs is 2. The summed E-state index contributed by atoms with van der Waals surface area (Å²) in [6, 6.07) is 2.19. The maximum Gasteiger partial charge on any atom is 0.223 e. The molecule has 1 aromatic heterocycles. The highest BCUT2D eigenvalue weighted by Crippen LogP contribution is 2.63. The second-order valence-electron chi connectivity index (χ2n) is 10.8. The Bertz CT molecular complexity index is 1170. The smallest absolute Gasteiger partial charge is 0.223 e. The molecule has 1 aromatic carbocycles. The van der Waals surface area contributed by atoms with Crippen LogP contribution in [0.1, 0.15) is 63.0 Å². The van der Waals surface area contributed by atoms with Gasteiger partial charge in [0.25, 0.3) is 0 Å². The number of aliphatic hydroxyl groups is 1. The van der Waals surface area contributed by atoms with Gasteiger partial charge in [-0.3, -0.25) is 14.3 Å². The Kier molecular flexibility index (Phi) is 7.00. The van der Waals surface area contributed by atoms with Crippen molar-refractivity contribution in [3.63, 3.8) is 0 Å². The van der Waals surface area contributed by atoms with Gasteiger partial charge in [0.2, 0.25) is 11.8 Å². The summed E-state index contributed by atoms with van der Waals surface area (Å²) in [5.41, 5.74) is -2.58. The molecule has 2 aromatic rings. The summed E-state index contributed by atoms with van der Waals surface area (Å²) in [6.07, 6.45) is 4.26.